The number of hydrogen-bond acceptors (Lipinski definition) is 3. The number of amides is 1. The first-order valence-corrected chi connectivity index (χ1v) is 6.87. The van der Waals surface area contributed by atoms with E-state index < -0.39 is 0 Å². The van der Waals surface area contributed by atoms with Crippen molar-refractivity contribution in [3.63, 3.8) is 0 Å². The second kappa shape index (κ2) is 6.06. The molecule has 0 aromatic heterocycles. The molecule has 2 atom stereocenters. The molecule has 1 aliphatic heterocycles. The Labute approximate surface area is 115 Å². The van der Waals surface area contributed by atoms with Gasteiger partial charge in [0.2, 0.25) is 0 Å². The summed E-state index contributed by atoms with van der Waals surface area (Å²) in [6, 6.07) is 7.94. The van der Waals surface area contributed by atoms with E-state index in [9.17, 15) is 4.79 Å². The summed E-state index contributed by atoms with van der Waals surface area (Å²) < 4.78 is 0. The summed E-state index contributed by atoms with van der Waals surface area (Å²) in [5.41, 5.74) is 1.77. The Morgan fingerprint density at radius 2 is 2.21 bits per heavy atom. The molecule has 1 aliphatic rings. The lowest BCUT2D eigenvalue weighted by Gasteiger charge is -2.30. The number of benzene rings is 1. The van der Waals surface area contributed by atoms with Crippen LogP contribution in [0.4, 0.5) is 5.69 Å². The largest absolute Gasteiger partial charge is 0.378 e. The molecular weight excluding hydrogens is 238 g/mol. The van der Waals surface area contributed by atoms with E-state index in [1.807, 2.05) is 43.3 Å². The fourth-order valence-corrected chi connectivity index (χ4v) is 2.36. The number of piperidine rings is 1. The Balaban J connectivity index is 2.05. The molecule has 0 radical (unpaired) electrons. The SMILES string of the molecule is CC1CCNCC1NC(=O)c1cccc(N(C)C)c1. The maximum absolute atomic E-state index is 12.3. The summed E-state index contributed by atoms with van der Waals surface area (Å²) in [6.07, 6.45) is 1.11. The quantitative estimate of drug-likeness (QED) is 0.866. The first-order valence-electron chi connectivity index (χ1n) is 6.87. The number of nitrogens with one attached hydrogen (secondary N) is 2. The van der Waals surface area contributed by atoms with Crippen LogP contribution in [0.15, 0.2) is 24.3 Å². The monoisotopic (exact) mass is 261 g/mol. The molecule has 1 aromatic carbocycles. The van der Waals surface area contributed by atoms with Crippen molar-refractivity contribution in [3.8, 4) is 0 Å². The minimum Gasteiger partial charge on any atom is -0.378 e. The number of anilines is 1. The third kappa shape index (κ3) is 3.47. The van der Waals surface area contributed by atoms with Crippen molar-refractivity contribution in [3.05, 3.63) is 29.8 Å². The molecule has 104 valence electrons. The maximum atomic E-state index is 12.3. The Hall–Kier alpha value is -1.55. The topological polar surface area (TPSA) is 44.4 Å². The Kier molecular flexibility index (Phi) is 4.43. The molecule has 4 heteroatoms. The van der Waals surface area contributed by atoms with Crippen LogP contribution in [0, 0.1) is 5.92 Å². The predicted molar refractivity (Wildman–Crippen MR) is 78.7 cm³/mol. The summed E-state index contributed by atoms with van der Waals surface area (Å²) in [7, 11) is 3.95. The number of carbonyl (C=O) groups is 1. The van der Waals surface area contributed by atoms with Crippen molar-refractivity contribution in [1.82, 2.24) is 10.6 Å². The molecule has 0 saturated carbocycles. The molecule has 1 heterocycles. The maximum Gasteiger partial charge on any atom is 0.251 e. The summed E-state index contributed by atoms with van der Waals surface area (Å²) in [5.74, 6) is 0.548. The zero-order chi connectivity index (χ0) is 13.8. The van der Waals surface area contributed by atoms with Crippen LogP contribution in [0.25, 0.3) is 0 Å². The molecule has 2 unspecified atom stereocenters. The molecule has 1 amide bonds. The summed E-state index contributed by atoms with van der Waals surface area (Å²) in [4.78, 5) is 14.3. The lowest BCUT2D eigenvalue weighted by Crippen LogP contribution is -2.50. The van der Waals surface area contributed by atoms with Crippen LogP contribution < -0.4 is 15.5 Å². The second-order valence-corrected chi connectivity index (χ2v) is 5.49. The predicted octanol–water partition coefficient (Wildman–Crippen LogP) is 1.48. The van der Waals surface area contributed by atoms with Crippen LogP contribution in [0.5, 0.6) is 0 Å². The normalized spacial score (nSPS) is 22.9. The zero-order valence-corrected chi connectivity index (χ0v) is 11.9. The van der Waals surface area contributed by atoms with Crippen molar-refractivity contribution < 1.29 is 4.79 Å². The molecule has 2 N–H and O–H groups in total. The van der Waals surface area contributed by atoms with E-state index in [2.05, 4.69) is 17.6 Å². The first-order chi connectivity index (χ1) is 9.08. The van der Waals surface area contributed by atoms with E-state index in [1.54, 1.807) is 0 Å². The number of carbonyl (C=O) groups excluding carboxylic acids is 1. The van der Waals surface area contributed by atoms with E-state index in [-0.39, 0.29) is 11.9 Å². The summed E-state index contributed by atoms with van der Waals surface area (Å²) in [6.45, 7) is 4.10. The molecule has 4 nitrogen and oxygen atoms in total. The number of nitrogens with zero attached hydrogens (tertiary/aromatic N) is 1. The van der Waals surface area contributed by atoms with Gasteiger partial charge in [-0.1, -0.05) is 13.0 Å². The highest BCUT2D eigenvalue weighted by Crippen LogP contribution is 2.15. The van der Waals surface area contributed by atoms with Crippen molar-refractivity contribution in [2.45, 2.75) is 19.4 Å². The molecule has 0 bridgehead atoms. The van der Waals surface area contributed by atoms with Crippen LogP contribution in [0.1, 0.15) is 23.7 Å². The van der Waals surface area contributed by atoms with E-state index in [0.29, 0.717) is 5.92 Å². The fourth-order valence-electron chi connectivity index (χ4n) is 2.36. The molecule has 1 fully saturated rings. The fraction of sp³-hybridized carbons (Fsp3) is 0.533. The van der Waals surface area contributed by atoms with Gasteiger partial charge in [0.05, 0.1) is 0 Å². The lowest BCUT2D eigenvalue weighted by molar-refractivity contribution is 0.0915. The standard InChI is InChI=1S/C15H23N3O/c1-11-7-8-16-10-14(11)17-15(19)12-5-4-6-13(9-12)18(2)3/h4-6,9,11,14,16H,7-8,10H2,1-3H3,(H,17,19). The molecule has 1 aromatic rings. The van der Waals surface area contributed by atoms with Crippen molar-refractivity contribution >= 4 is 11.6 Å². The van der Waals surface area contributed by atoms with Crippen LogP contribution in [-0.4, -0.2) is 39.1 Å². The van der Waals surface area contributed by atoms with E-state index >= 15 is 0 Å². The third-order valence-electron chi connectivity index (χ3n) is 3.77. The van der Waals surface area contributed by atoms with Gasteiger partial charge in [-0.2, -0.15) is 0 Å². The average Bonchev–Trinajstić information content (AvgIpc) is 2.41. The Morgan fingerprint density at radius 1 is 1.42 bits per heavy atom. The van der Waals surface area contributed by atoms with Crippen molar-refractivity contribution in [2.75, 3.05) is 32.1 Å². The van der Waals surface area contributed by atoms with Gasteiger partial charge >= 0.3 is 0 Å². The molecule has 0 spiro atoms. The molecule has 0 aliphatic carbocycles. The van der Waals surface area contributed by atoms with E-state index in [1.165, 1.54) is 0 Å². The van der Waals surface area contributed by atoms with Crippen LogP contribution in [0.3, 0.4) is 0 Å². The van der Waals surface area contributed by atoms with Gasteiger partial charge in [0.25, 0.3) is 5.91 Å². The minimum absolute atomic E-state index is 0.0178. The number of rotatable bonds is 3. The highest BCUT2D eigenvalue weighted by atomic mass is 16.1. The minimum atomic E-state index is 0.0178. The van der Waals surface area contributed by atoms with Crippen LogP contribution in [0.2, 0.25) is 0 Å². The molecule has 1 saturated heterocycles. The Bertz CT molecular complexity index is 445. The van der Waals surface area contributed by atoms with Crippen molar-refractivity contribution in [2.24, 2.45) is 5.92 Å². The van der Waals surface area contributed by atoms with Gasteiger partial charge in [-0.25, -0.2) is 0 Å². The average molecular weight is 261 g/mol. The third-order valence-corrected chi connectivity index (χ3v) is 3.77. The first kappa shape index (κ1) is 13.9. The van der Waals surface area contributed by atoms with Gasteiger partial charge in [0.1, 0.15) is 0 Å². The van der Waals surface area contributed by atoms with Gasteiger partial charge in [-0.3, -0.25) is 4.79 Å². The van der Waals surface area contributed by atoms with Crippen molar-refractivity contribution in [1.29, 1.82) is 0 Å². The zero-order valence-electron chi connectivity index (χ0n) is 11.9. The van der Waals surface area contributed by atoms with Crippen LogP contribution >= 0.6 is 0 Å². The van der Waals surface area contributed by atoms with E-state index in [4.69, 9.17) is 0 Å². The van der Waals surface area contributed by atoms with Gasteiger partial charge in [0, 0.05) is 37.9 Å². The summed E-state index contributed by atoms with van der Waals surface area (Å²) >= 11 is 0. The van der Waals surface area contributed by atoms with Gasteiger partial charge in [-0.05, 0) is 37.1 Å². The highest BCUT2D eigenvalue weighted by Gasteiger charge is 2.23. The molecule has 2 rings (SSSR count). The van der Waals surface area contributed by atoms with Gasteiger partial charge in [0.15, 0.2) is 0 Å². The van der Waals surface area contributed by atoms with Gasteiger partial charge < -0.3 is 15.5 Å². The highest BCUT2D eigenvalue weighted by molar-refractivity contribution is 5.95. The Morgan fingerprint density at radius 3 is 2.89 bits per heavy atom. The second-order valence-electron chi connectivity index (χ2n) is 5.49. The van der Waals surface area contributed by atoms with E-state index in [0.717, 1.165) is 30.8 Å². The molecule has 19 heavy (non-hydrogen) atoms. The summed E-state index contributed by atoms with van der Waals surface area (Å²) in [5, 5.41) is 6.46. The van der Waals surface area contributed by atoms with Gasteiger partial charge in [-0.15, -0.1) is 0 Å². The molecular formula is C15H23N3O. The smallest absolute Gasteiger partial charge is 0.251 e. The number of hydrogen-bond donors (Lipinski definition) is 2. The lowest BCUT2D eigenvalue weighted by atomic mass is 9.94. The van der Waals surface area contributed by atoms with Crippen LogP contribution in [-0.2, 0) is 0 Å².